The van der Waals surface area contributed by atoms with Gasteiger partial charge in [-0.05, 0) is 45.0 Å². The Morgan fingerprint density at radius 2 is 2.22 bits per heavy atom. The van der Waals surface area contributed by atoms with Crippen LogP contribution in [0.2, 0.25) is 0 Å². The van der Waals surface area contributed by atoms with Gasteiger partial charge in [-0.2, -0.15) is 0 Å². The molecule has 1 aliphatic heterocycles. The molecule has 0 aliphatic carbocycles. The monoisotopic (exact) mass is 254 g/mol. The number of rotatable bonds is 4. The Morgan fingerprint density at radius 1 is 1.39 bits per heavy atom. The van der Waals surface area contributed by atoms with Gasteiger partial charge in [-0.15, -0.1) is 0 Å². The molecule has 1 unspecified atom stereocenters. The van der Waals surface area contributed by atoms with Gasteiger partial charge in [0.15, 0.2) is 0 Å². The summed E-state index contributed by atoms with van der Waals surface area (Å²) < 4.78 is 26.1. The second-order valence-corrected chi connectivity index (χ2v) is 5.14. The molecule has 0 saturated carbocycles. The van der Waals surface area contributed by atoms with Crippen molar-refractivity contribution in [3.05, 3.63) is 35.4 Å². The lowest BCUT2D eigenvalue weighted by Crippen LogP contribution is -2.37. The maximum absolute atomic E-state index is 13.4. The molecule has 18 heavy (non-hydrogen) atoms. The average Bonchev–Trinajstić information content (AvgIpc) is 2.32. The molecule has 1 N–H and O–H groups in total. The van der Waals surface area contributed by atoms with Crippen LogP contribution in [0.15, 0.2) is 18.2 Å². The molecule has 2 nitrogen and oxygen atoms in total. The lowest BCUT2D eigenvalue weighted by molar-refractivity contribution is 0.206. The van der Waals surface area contributed by atoms with E-state index in [0.29, 0.717) is 18.0 Å². The van der Waals surface area contributed by atoms with Gasteiger partial charge in [0.1, 0.15) is 11.6 Å². The quantitative estimate of drug-likeness (QED) is 0.887. The zero-order valence-electron chi connectivity index (χ0n) is 10.8. The summed E-state index contributed by atoms with van der Waals surface area (Å²) >= 11 is 0. The molecule has 1 fully saturated rings. The number of hydrogen-bond acceptors (Lipinski definition) is 2. The fourth-order valence-electron chi connectivity index (χ4n) is 2.52. The van der Waals surface area contributed by atoms with E-state index in [9.17, 15) is 8.78 Å². The molecule has 1 aromatic carbocycles. The van der Waals surface area contributed by atoms with Crippen LogP contribution in [-0.4, -0.2) is 31.6 Å². The first-order chi connectivity index (χ1) is 8.65. The molecular formula is C14H20F2N2. The predicted molar refractivity (Wildman–Crippen MR) is 68.3 cm³/mol. The Labute approximate surface area is 107 Å². The van der Waals surface area contributed by atoms with Crippen molar-refractivity contribution >= 4 is 0 Å². The second-order valence-electron chi connectivity index (χ2n) is 5.14. The third-order valence-corrected chi connectivity index (χ3v) is 3.49. The van der Waals surface area contributed by atoms with E-state index in [2.05, 4.69) is 17.3 Å². The molecule has 0 bridgehead atoms. The van der Waals surface area contributed by atoms with Gasteiger partial charge in [0.2, 0.25) is 0 Å². The Hall–Kier alpha value is -1.00. The second kappa shape index (κ2) is 6.25. The van der Waals surface area contributed by atoms with Crippen LogP contribution in [0, 0.1) is 17.6 Å². The maximum atomic E-state index is 13.4. The van der Waals surface area contributed by atoms with Crippen LogP contribution in [0.4, 0.5) is 8.78 Å². The highest BCUT2D eigenvalue weighted by atomic mass is 19.1. The van der Waals surface area contributed by atoms with Gasteiger partial charge < -0.3 is 10.2 Å². The van der Waals surface area contributed by atoms with Crippen molar-refractivity contribution in [1.82, 2.24) is 10.2 Å². The lowest BCUT2D eigenvalue weighted by atomic mass is 9.98. The van der Waals surface area contributed by atoms with E-state index in [1.807, 2.05) is 0 Å². The van der Waals surface area contributed by atoms with Crippen LogP contribution in [0.5, 0.6) is 0 Å². The minimum absolute atomic E-state index is 0.465. The minimum atomic E-state index is -0.523. The van der Waals surface area contributed by atoms with Gasteiger partial charge in [0, 0.05) is 24.7 Å². The molecule has 1 aliphatic rings. The average molecular weight is 254 g/mol. The van der Waals surface area contributed by atoms with Crippen LogP contribution >= 0.6 is 0 Å². The third-order valence-electron chi connectivity index (χ3n) is 3.49. The number of halogens is 2. The molecule has 1 atom stereocenters. The fraction of sp³-hybridized carbons (Fsp3) is 0.571. The highest BCUT2D eigenvalue weighted by Crippen LogP contribution is 2.14. The number of benzene rings is 1. The van der Waals surface area contributed by atoms with E-state index < -0.39 is 11.6 Å². The Kier molecular flexibility index (Phi) is 4.66. The number of nitrogens with zero attached hydrogens (tertiary/aromatic N) is 1. The van der Waals surface area contributed by atoms with E-state index >= 15 is 0 Å². The van der Waals surface area contributed by atoms with Crippen molar-refractivity contribution in [3.8, 4) is 0 Å². The van der Waals surface area contributed by atoms with Crippen LogP contribution in [0.25, 0.3) is 0 Å². The number of hydrogen-bond donors (Lipinski definition) is 1. The first-order valence-corrected chi connectivity index (χ1v) is 6.48. The van der Waals surface area contributed by atoms with Gasteiger partial charge in [-0.25, -0.2) is 8.78 Å². The molecule has 0 amide bonds. The molecule has 4 heteroatoms. The summed E-state index contributed by atoms with van der Waals surface area (Å²) in [5, 5.41) is 3.26. The smallest absolute Gasteiger partial charge is 0.130 e. The summed E-state index contributed by atoms with van der Waals surface area (Å²) in [5.41, 5.74) is 0.528. The van der Waals surface area contributed by atoms with Crippen LogP contribution in [0.1, 0.15) is 18.4 Å². The summed E-state index contributed by atoms with van der Waals surface area (Å²) in [5.74, 6) is -0.360. The van der Waals surface area contributed by atoms with Crippen LogP contribution in [-0.2, 0) is 6.54 Å². The molecule has 0 aromatic heterocycles. The molecule has 2 rings (SSSR count). The van der Waals surface area contributed by atoms with E-state index in [1.54, 1.807) is 0 Å². The summed E-state index contributed by atoms with van der Waals surface area (Å²) in [7, 11) is 2.13. The molecule has 1 saturated heterocycles. The van der Waals surface area contributed by atoms with Crippen LogP contribution < -0.4 is 5.32 Å². The van der Waals surface area contributed by atoms with E-state index in [1.165, 1.54) is 31.5 Å². The normalized spacial score (nSPS) is 21.2. The molecule has 0 radical (unpaired) electrons. The van der Waals surface area contributed by atoms with Gasteiger partial charge in [-0.1, -0.05) is 6.07 Å². The Morgan fingerprint density at radius 3 is 2.94 bits per heavy atom. The number of nitrogens with one attached hydrogen (secondary N) is 1. The fourth-order valence-corrected chi connectivity index (χ4v) is 2.52. The van der Waals surface area contributed by atoms with Crippen molar-refractivity contribution in [2.75, 3.05) is 26.7 Å². The van der Waals surface area contributed by atoms with Gasteiger partial charge in [0.25, 0.3) is 0 Å². The molecule has 1 aromatic rings. The molecular weight excluding hydrogens is 234 g/mol. The first-order valence-electron chi connectivity index (χ1n) is 6.48. The minimum Gasteiger partial charge on any atom is -0.312 e. The van der Waals surface area contributed by atoms with E-state index in [0.717, 1.165) is 19.2 Å². The standard InChI is InChI=1S/C14H20F2N2/c1-18-6-2-3-11(10-18)8-17-9-12-4-5-13(15)7-14(12)16/h4-5,7,11,17H,2-3,6,8-10H2,1H3. The summed E-state index contributed by atoms with van der Waals surface area (Å²) in [6, 6.07) is 3.74. The largest absolute Gasteiger partial charge is 0.312 e. The summed E-state index contributed by atoms with van der Waals surface area (Å²) in [6.07, 6.45) is 2.46. The zero-order valence-corrected chi connectivity index (χ0v) is 10.8. The van der Waals surface area contributed by atoms with E-state index in [-0.39, 0.29) is 0 Å². The number of likely N-dealkylation sites (tertiary alicyclic amines) is 1. The number of piperidine rings is 1. The first kappa shape index (κ1) is 13.4. The topological polar surface area (TPSA) is 15.3 Å². The highest BCUT2D eigenvalue weighted by molar-refractivity contribution is 5.18. The maximum Gasteiger partial charge on any atom is 0.130 e. The molecule has 100 valence electrons. The SMILES string of the molecule is CN1CCCC(CNCc2ccc(F)cc2F)C1. The van der Waals surface area contributed by atoms with Crippen molar-refractivity contribution in [2.24, 2.45) is 5.92 Å². The van der Waals surface area contributed by atoms with Crippen LogP contribution in [0.3, 0.4) is 0 Å². The summed E-state index contributed by atoms with van der Waals surface area (Å²) in [6.45, 7) is 3.62. The van der Waals surface area contributed by atoms with Crippen molar-refractivity contribution < 1.29 is 8.78 Å². The van der Waals surface area contributed by atoms with Crippen molar-refractivity contribution in [2.45, 2.75) is 19.4 Å². The Bertz CT molecular complexity index is 395. The molecule has 0 spiro atoms. The van der Waals surface area contributed by atoms with Crippen molar-refractivity contribution in [1.29, 1.82) is 0 Å². The van der Waals surface area contributed by atoms with Gasteiger partial charge >= 0.3 is 0 Å². The molecule has 1 heterocycles. The lowest BCUT2D eigenvalue weighted by Gasteiger charge is -2.29. The van der Waals surface area contributed by atoms with Crippen molar-refractivity contribution in [3.63, 3.8) is 0 Å². The van der Waals surface area contributed by atoms with Gasteiger partial charge in [-0.3, -0.25) is 0 Å². The van der Waals surface area contributed by atoms with E-state index in [4.69, 9.17) is 0 Å². The zero-order chi connectivity index (χ0) is 13.0. The predicted octanol–water partition coefficient (Wildman–Crippen LogP) is 2.40. The summed E-state index contributed by atoms with van der Waals surface area (Å²) in [4.78, 5) is 2.33. The highest BCUT2D eigenvalue weighted by Gasteiger charge is 2.16. The Balaban J connectivity index is 1.77. The van der Waals surface area contributed by atoms with Gasteiger partial charge in [0.05, 0.1) is 0 Å². The third kappa shape index (κ3) is 3.75.